The summed E-state index contributed by atoms with van der Waals surface area (Å²) >= 11 is 0.856. The fourth-order valence-electron chi connectivity index (χ4n) is 2.10. The fourth-order valence-corrected chi connectivity index (χ4v) is 2.94. The lowest BCUT2D eigenvalue weighted by Crippen LogP contribution is -2.24. The van der Waals surface area contributed by atoms with Gasteiger partial charge in [0.25, 0.3) is 0 Å². The van der Waals surface area contributed by atoms with Gasteiger partial charge in [0.15, 0.2) is 0 Å². The molecule has 0 aliphatic carbocycles. The van der Waals surface area contributed by atoms with E-state index in [9.17, 15) is 14.7 Å². The maximum absolute atomic E-state index is 11.8. The van der Waals surface area contributed by atoms with Crippen molar-refractivity contribution in [3.63, 3.8) is 0 Å². The van der Waals surface area contributed by atoms with Crippen LogP contribution in [-0.4, -0.2) is 21.8 Å². The van der Waals surface area contributed by atoms with Crippen LogP contribution in [0, 0.1) is 0 Å². The second-order valence-electron chi connectivity index (χ2n) is 4.48. The summed E-state index contributed by atoms with van der Waals surface area (Å²) in [7, 11) is 0. The number of hydrogen-bond acceptors (Lipinski definition) is 5. The molecule has 0 fully saturated rings. The van der Waals surface area contributed by atoms with Crippen molar-refractivity contribution in [3.8, 4) is 5.88 Å². The number of thiazole rings is 1. The number of rotatable bonds is 3. The van der Waals surface area contributed by atoms with Crippen molar-refractivity contribution in [1.82, 2.24) is 4.57 Å². The molecule has 0 bridgehead atoms. The Bertz CT molecular complexity index is 845. The predicted molar refractivity (Wildman–Crippen MR) is 81.9 cm³/mol. The van der Waals surface area contributed by atoms with Crippen LogP contribution in [0.3, 0.4) is 0 Å². The van der Waals surface area contributed by atoms with Crippen LogP contribution >= 0.6 is 11.3 Å². The van der Waals surface area contributed by atoms with Crippen LogP contribution in [0.15, 0.2) is 34.1 Å². The minimum atomic E-state index is -0.683. The molecule has 106 valence electrons. The Labute approximate surface area is 123 Å². The van der Waals surface area contributed by atoms with E-state index in [0.29, 0.717) is 4.88 Å². The standard InChI is InChI=1S/C14H11N3O3S/c15-12(18)7-17-13(19)11(21-14(17)20)5-8-6-16-10-4-2-1-3-9(8)10/h1-6,19H,7H2,(H2,15,18)/b8-5-. The number of carbonyl (C=O) groups excluding carboxylic acids is 1. The molecule has 1 aliphatic heterocycles. The Morgan fingerprint density at radius 2 is 2.19 bits per heavy atom. The SMILES string of the molecule is NC(=O)Cn1c(O)c(/C=C2/C=Nc3ccccc32)sc1=O. The summed E-state index contributed by atoms with van der Waals surface area (Å²) in [4.78, 5) is 26.9. The van der Waals surface area contributed by atoms with Gasteiger partial charge in [-0.05, 0) is 12.1 Å². The van der Waals surface area contributed by atoms with Gasteiger partial charge in [0.2, 0.25) is 11.8 Å². The Balaban J connectivity index is 2.04. The van der Waals surface area contributed by atoms with Gasteiger partial charge in [-0.1, -0.05) is 29.5 Å². The topological polar surface area (TPSA) is 97.7 Å². The van der Waals surface area contributed by atoms with Crippen LogP contribution in [-0.2, 0) is 11.3 Å². The fraction of sp³-hybridized carbons (Fsp3) is 0.0714. The molecule has 21 heavy (non-hydrogen) atoms. The molecule has 1 aromatic heterocycles. The third-order valence-corrected chi connectivity index (χ3v) is 3.97. The molecule has 1 amide bonds. The van der Waals surface area contributed by atoms with Gasteiger partial charge >= 0.3 is 4.87 Å². The van der Waals surface area contributed by atoms with E-state index in [2.05, 4.69) is 4.99 Å². The van der Waals surface area contributed by atoms with Gasteiger partial charge in [-0.25, -0.2) is 0 Å². The Hall–Kier alpha value is -2.67. The third kappa shape index (κ3) is 2.38. The molecule has 1 aliphatic rings. The Morgan fingerprint density at radius 3 is 2.95 bits per heavy atom. The van der Waals surface area contributed by atoms with Gasteiger partial charge in [0.1, 0.15) is 6.54 Å². The number of benzene rings is 1. The molecule has 3 N–H and O–H groups in total. The minimum Gasteiger partial charge on any atom is -0.493 e. The zero-order valence-corrected chi connectivity index (χ0v) is 11.6. The number of hydrogen-bond donors (Lipinski definition) is 2. The van der Waals surface area contributed by atoms with E-state index < -0.39 is 10.8 Å². The molecule has 2 heterocycles. The molecule has 3 rings (SSSR count). The number of carbonyl (C=O) groups is 1. The largest absolute Gasteiger partial charge is 0.493 e. The maximum atomic E-state index is 11.8. The average molecular weight is 301 g/mol. The summed E-state index contributed by atoms with van der Waals surface area (Å²) < 4.78 is 0.956. The van der Waals surface area contributed by atoms with Crippen molar-refractivity contribution in [2.45, 2.75) is 6.54 Å². The van der Waals surface area contributed by atoms with Crippen LogP contribution in [0.1, 0.15) is 10.4 Å². The number of fused-ring (bicyclic) bond motifs is 1. The molecule has 0 spiro atoms. The molecular formula is C14H11N3O3S. The van der Waals surface area contributed by atoms with E-state index in [0.717, 1.165) is 32.7 Å². The highest BCUT2D eigenvalue weighted by Gasteiger charge is 2.17. The zero-order chi connectivity index (χ0) is 15.0. The van der Waals surface area contributed by atoms with E-state index in [1.165, 1.54) is 0 Å². The van der Waals surface area contributed by atoms with E-state index in [1.807, 2.05) is 24.3 Å². The quantitative estimate of drug-likeness (QED) is 0.895. The number of aliphatic imine (C=N–C) groups is 1. The van der Waals surface area contributed by atoms with Gasteiger partial charge in [0, 0.05) is 17.4 Å². The van der Waals surface area contributed by atoms with Gasteiger partial charge in [0.05, 0.1) is 10.6 Å². The first kappa shape index (κ1) is 13.3. The molecule has 1 aromatic carbocycles. The monoisotopic (exact) mass is 301 g/mol. The van der Waals surface area contributed by atoms with E-state index >= 15 is 0 Å². The number of aromatic hydroxyl groups is 1. The van der Waals surface area contributed by atoms with Crippen LogP contribution in [0.2, 0.25) is 0 Å². The van der Waals surface area contributed by atoms with Crippen molar-refractivity contribution < 1.29 is 9.90 Å². The highest BCUT2D eigenvalue weighted by Crippen LogP contribution is 2.34. The lowest BCUT2D eigenvalue weighted by atomic mass is 10.1. The number of para-hydroxylation sites is 1. The third-order valence-electron chi connectivity index (χ3n) is 3.05. The minimum absolute atomic E-state index is 0.255. The second-order valence-corrected chi connectivity index (χ2v) is 5.48. The number of aromatic nitrogens is 1. The van der Waals surface area contributed by atoms with E-state index in [4.69, 9.17) is 5.73 Å². The lowest BCUT2D eigenvalue weighted by molar-refractivity contribution is -0.118. The van der Waals surface area contributed by atoms with Gasteiger partial charge < -0.3 is 10.8 Å². The van der Waals surface area contributed by atoms with Crippen LogP contribution in [0.4, 0.5) is 5.69 Å². The highest BCUT2D eigenvalue weighted by atomic mass is 32.1. The van der Waals surface area contributed by atoms with Crippen molar-refractivity contribution in [2.75, 3.05) is 0 Å². The predicted octanol–water partition coefficient (Wildman–Crippen LogP) is 1.36. The van der Waals surface area contributed by atoms with Crippen molar-refractivity contribution >= 4 is 40.8 Å². The summed E-state index contributed by atoms with van der Waals surface area (Å²) in [6.45, 7) is -0.338. The molecule has 2 aromatic rings. The highest BCUT2D eigenvalue weighted by molar-refractivity contribution is 7.10. The molecule has 0 unspecified atom stereocenters. The van der Waals surface area contributed by atoms with Crippen molar-refractivity contribution in [1.29, 1.82) is 0 Å². The number of primary amides is 1. The first-order valence-corrected chi connectivity index (χ1v) is 6.94. The summed E-state index contributed by atoms with van der Waals surface area (Å²) in [6, 6.07) is 7.57. The zero-order valence-electron chi connectivity index (χ0n) is 10.8. The molecule has 7 heteroatoms. The number of allylic oxidation sites excluding steroid dienone is 1. The van der Waals surface area contributed by atoms with Crippen molar-refractivity contribution in [3.05, 3.63) is 44.4 Å². The molecule has 0 saturated carbocycles. The van der Waals surface area contributed by atoms with Crippen LogP contribution in [0.5, 0.6) is 5.88 Å². The van der Waals surface area contributed by atoms with Crippen molar-refractivity contribution in [2.24, 2.45) is 10.7 Å². The summed E-state index contributed by atoms with van der Waals surface area (Å²) in [5.41, 5.74) is 7.63. The first-order valence-electron chi connectivity index (χ1n) is 6.12. The summed E-state index contributed by atoms with van der Waals surface area (Å²) in [5.74, 6) is -0.939. The smallest absolute Gasteiger partial charge is 0.311 e. The lowest BCUT2D eigenvalue weighted by Gasteiger charge is -2.00. The maximum Gasteiger partial charge on any atom is 0.311 e. The number of nitrogens with zero attached hydrogens (tertiary/aromatic N) is 2. The normalized spacial score (nSPS) is 14.6. The molecule has 6 nitrogen and oxygen atoms in total. The molecular weight excluding hydrogens is 290 g/mol. The average Bonchev–Trinajstić information content (AvgIpc) is 2.96. The number of nitrogens with two attached hydrogens (primary N) is 1. The Morgan fingerprint density at radius 1 is 1.43 bits per heavy atom. The molecule has 0 saturated heterocycles. The first-order chi connectivity index (χ1) is 10.1. The van der Waals surface area contributed by atoms with Crippen LogP contribution < -0.4 is 10.6 Å². The summed E-state index contributed by atoms with van der Waals surface area (Å²) in [5, 5.41) is 10.0. The van der Waals surface area contributed by atoms with E-state index in [-0.39, 0.29) is 12.4 Å². The second kappa shape index (κ2) is 5.02. The van der Waals surface area contributed by atoms with E-state index in [1.54, 1.807) is 12.3 Å². The van der Waals surface area contributed by atoms with Gasteiger partial charge in [-0.2, -0.15) is 0 Å². The molecule has 0 radical (unpaired) electrons. The summed E-state index contributed by atoms with van der Waals surface area (Å²) in [6.07, 6.45) is 3.35. The van der Waals surface area contributed by atoms with Gasteiger partial charge in [-0.3, -0.25) is 19.1 Å². The Kier molecular flexibility index (Phi) is 3.19. The van der Waals surface area contributed by atoms with Gasteiger partial charge in [-0.15, -0.1) is 0 Å². The van der Waals surface area contributed by atoms with Crippen LogP contribution in [0.25, 0.3) is 11.6 Å². The number of amides is 1. The molecule has 0 atom stereocenters.